The monoisotopic (exact) mass is 360 g/mol. The maximum Gasteiger partial charge on any atom is 0.338 e. The maximum atomic E-state index is 12.2. The summed E-state index contributed by atoms with van der Waals surface area (Å²) in [4.78, 5) is 24.0. The second-order valence-corrected chi connectivity index (χ2v) is 5.82. The van der Waals surface area contributed by atoms with Crippen molar-refractivity contribution in [2.24, 2.45) is 0 Å². The van der Waals surface area contributed by atoms with Crippen LogP contribution >= 0.6 is 11.3 Å². The Hall–Kier alpha value is -3.05. The summed E-state index contributed by atoms with van der Waals surface area (Å²) in [6.45, 7) is 1.33. The van der Waals surface area contributed by atoms with Crippen LogP contribution in [0.2, 0.25) is 0 Å². The number of esters is 1. The predicted octanol–water partition coefficient (Wildman–Crippen LogP) is 2.74. The number of anilines is 1. The summed E-state index contributed by atoms with van der Waals surface area (Å²) < 4.78 is 15.4. The van der Waals surface area contributed by atoms with Crippen LogP contribution in [0.5, 0.6) is 11.5 Å². The third-order valence-electron chi connectivity index (χ3n) is 3.36. The van der Waals surface area contributed by atoms with Crippen molar-refractivity contribution in [2.75, 3.05) is 26.1 Å². The lowest BCUT2D eigenvalue weighted by atomic mass is 10.1. The van der Waals surface area contributed by atoms with Crippen molar-refractivity contribution in [1.29, 1.82) is 5.26 Å². The quantitative estimate of drug-likeness (QED) is 0.796. The van der Waals surface area contributed by atoms with Gasteiger partial charge in [-0.1, -0.05) is 0 Å². The van der Waals surface area contributed by atoms with Gasteiger partial charge in [-0.15, -0.1) is 11.3 Å². The van der Waals surface area contributed by atoms with Crippen molar-refractivity contribution in [2.45, 2.75) is 6.92 Å². The van der Waals surface area contributed by atoms with Crippen LogP contribution in [-0.2, 0) is 9.53 Å². The molecule has 1 heterocycles. The summed E-state index contributed by atoms with van der Waals surface area (Å²) in [5.74, 6) is -0.252. The molecule has 7 nitrogen and oxygen atoms in total. The molecule has 1 aromatic carbocycles. The Balaban J connectivity index is 2.03. The number of hydrogen-bond acceptors (Lipinski definition) is 7. The van der Waals surface area contributed by atoms with Crippen LogP contribution < -0.4 is 14.8 Å². The number of hydrogen-bond donors (Lipinski definition) is 1. The summed E-state index contributed by atoms with van der Waals surface area (Å²) in [7, 11) is 2.97. The van der Waals surface area contributed by atoms with E-state index < -0.39 is 18.5 Å². The van der Waals surface area contributed by atoms with Crippen molar-refractivity contribution in [1.82, 2.24) is 0 Å². The number of amides is 1. The van der Waals surface area contributed by atoms with E-state index in [0.29, 0.717) is 22.1 Å². The van der Waals surface area contributed by atoms with Crippen molar-refractivity contribution in [3.05, 3.63) is 40.3 Å². The van der Waals surface area contributed by atoms with Crippen molar-refractivity contribution in [3.8, 4) is 17.6 Å². The zero-order valence-corrected chi connectivity index (χ0v) is 14.7. The molecule has 1 N–H and O–H groups in total. The van der Waals surface area contributed by atoms with Gasteiger partial charge in [0.2, 0.25) is 0 Å². The molecule has 0 aliphatic carbocycles. The molecule has 0 aliphatic rings. The molecular formula is C17H16N2O5S. The Bertz CT molecular complexity index is 813. The number of carbonyl (C=O) groups is 2. The number of methoxy groups -OCH3 is 2. The number of benzene rings is 1. The highest BCUT2D eigenvalue weighted by Gasteiger charge is 2.16. The first-order valence-corrected chi connectivity index (χ1v) is 8.05. The van der Waals surface area contributed by atoms with Crippen LogP contribution in [-0.4, -0.2) is 32.7 Å². The Morgan fingerprint density at radius 2 is 1.88 bits per heavy atom. The Labute approximate surface area is 148 Å². The lowest BCUT2D eigenvalue weighted by Crippen LogP contribution is -2.21. The summed E-state index contributed by atoms with van der Waals surface area (Å²) in [5.41, 5.74) is 1.32. The smallest absolute Gasteiger partial charge is 0.338 e. The van der Waals surface area contributed by atoms with Crippen molar-refractivity contribution >= 4 is 28.2 Å². The third-order valence-corrected chi connectivity index (χ3v) is 4.19. The maximum absolute atomic E-state index is 12.2. The summed E-state index contributed by atoms with van der Waals surface area (Å²) >= 11 is 1.22. The van der Waals surface area contributed by atoms with Crippen LogP contribution in [0.3, 0.4) is 0 Å². The highest BCUT2D eigenvalue weighted by molar-refractivity contribution is 7.14. The van der Waals surface area contributed by atoms with Gasteiger partial charge in [0.15, 0.2) is 6.61 Å². The van der Waals surface area contributed by atoms with Crippen LogP contribution in [0.4, 0.5) is 5.00 Å². The number of thiophene rings is 1. The highest BCUT2D eigenvalue weighted by atomic mass is 32.1. The summed E-state index contributed by atoms with van der Waals surface area (Å²) in [5, 5.41) is 13.5. The molecule has 0 radical (unpaired) electrons. The predicted molar refractivity (Wildman–Crippen MR) is 92.2 cm³/mol. The highest BCUT2D eigenvalue weighted by Crippen LogP contribution is 2.29. The molecule has 2 aromatic rings. The molecule has 0 bridgehead atoms. The van der Waals surface area contributed by atoms with Gasteiger partial charge >= 0.3 is 5.97 Å². The van der Waals surface area contributed by atoms with Crippen molar-refractivity contribution in [3.63, 3.8) is 0 Å². The molecule has 8 heteroatoms. The van der Waals surface area contributed by atoms with E-state index in [4.69, 9.17) is 19.5 Å². The minimum Gasteiger partial charge on any atom is -0.496 e. The van der Waals surface area contributed by atoms with Gasteiger partial charge in [-0.25, -0.2) is 4.79 Å². The average molecular weight is 360 g/mol. The number of nitrogens with one attached hydrogen (secondary N) is 1. The first-order valence-electron chi connectivity index (χ1n) is 7.17. The van der Waals surface area contributed by atoms with Gasteiger partial charge in [-0.2, -0.15) is 5.26 Å². The fourth-order valence-corrected chi connectivity index (χ4v) is 2.83. The molecule has 1 aromatic heterocycles. The second kappa shape index (κ2) is 8.17. The van der Waals surface area contributed by atoms with E-state index in [1.54, 1.807) is 18.4 Å². The number of rotatable bonds is 6. The Morgan fingerprint density at radius 3 is 2.44 bits per heavy atom. The van der Waals surface area contributed by atoms with Gasteiger partial charge in [0.05, 0.1) is 25.3 Å². The Kier molecular flexibility index (Phi) is 5.98. The first kappa shape index (κ1) is 18.3. The van der Waals surface area contributed by atoms with Crippen LogP contribution in [0.25, 0.3) is 0 Å². The second-order valence-electron chi connectivity index (χ2n) is 4.91. The molecule has 130 valence electrons. The Morgan fingerprint density at radius 1 is 1.24 bits per heavy atom. The van der Waals surface area contributed by atoms with Gasteiger partial charge in [0.1, 0.15) is 22.6 Å². The fraction of sp³-hybridized carbons (Fsp3) is 0.235. The van der Waals surface area contributed by atoms with Crippen molar-refractivity contribution < 1.29 is 23.8 Å². The minimum absolute atomic E-state index is 0.209. The van der Waals surface area contributed by atoms with E-state index in [1.807, 2.05) is 6.07 Å². The standard InChI is InChI=1S/C17H16N2O5S/c1-10-13(22-2)6-12(7-14(10)23-3)17(21)24-9-15(20)19-16-11(8-18)4-5-25-16/h4-7H,9H2,1-3H3,(H,19,20). The van der Waals surface area contributed by atoms with E-state index >= 15 is 0 Å². The molecule has 25 heavy (non-hydrogen) atoms. The lowest BCUT2D eigenvalue weighted by molar-refractivity contribution is -0.119. The molecule has 0 atom stereocenters. The number of ether oxygens (including phenoxy) is 3. The molecular weight excluding hydrogens is 344 g/mol. The lowest BCUT2D eigenvalue weighted by Gasteiger charge is -2.12. The van der Waals surface area contributed by atoms with Gasteiger partial charge < -0.3 is 19.5 Å². The molecule has 0 aliphatic heterocycles. The van der Waals surface area contributed by atoms with E-state index in [1.165, 1.54) is 37.7 Å². The van der Waals surface area contributed by atoms with Crippen LogP contribution in [0, 0.1) is 18.3 Å². The fourth-order valence-electron chi connectivity index (χ4n) is 2.08. The van der Waals surface area contributed by atoms with E-state index in [0.717, 1.165) is 5.56 Å². The number of nitriles is 1. The molecule has 0 saturated carbocycles. The first-order chi connectivity index (χ1) is 12.0. The zero-order valence-electron chi connectivity index (χ0n) is 13.9. The minimum atomic E-state index is -0.682. The van der Waals surface area contributed by atoms with Gasteiger partial charge in [0.25, 0.3) is 5.91 Å². The number of nitrogens with zero attached hydrogens (tertiary/aromatic N) is 1. The number of carbonyl (C=O) groups excluding carboxylic acids is 2. The van der Waals surface area contributed by atoms with E-state index in [-0.39, 0.29) is 5.56 Å². The topological polar surface area (TPSA) is 97.6 Å². The van der Waals surface area contributed by atoms with Crippen LogP contribution in [0.1, 0.15) is 21.5 Å². The summed E-state index contributed by atoms with van der Waals surface area (Å²) in [6, 6.07) is 6.59. The van der Waals surface area contributed by atoms with Gasteiger partial charge in [-0.05, 0) is 30.5 Å². The largest absolute Gasteiger partial charge is 0.496 e. The van der Waals surface area contributed by atoms with E-state index in [2.05, 4.69) is 5.32 Å². The molecule has 0 saturated heterocycles. The third kappa shape index (κ3) is 4.28. The zero-order chi connectivity index (χ0) is 18.4. The average Bonchev–Trinajstić information content (AvgIpc) is 3.06. The van der Waals surface area contributed by atoms with Crippen LogP contribution in [0.15, 0.2) is 23.6 Å². The molecule has 0 spiro atoms. The SMILES string of the molecule is COc1cc(C(=O)OCC(=O)Nc2sccc2C#N)cc(OC)c1C. The molecule has 1 amide bonds. The molecule has 2 rings (SSSR count). The normalized spacial score (nSPS) is 9.84. The van der Waals surface area contributed by atoms with Gasteiger partial charge in [-0.3, -0.25) is 4.79 Å². The summed E-state index contributed by atoms with van der Waals surface area (Å²) in [6.07, 6.45) is 0. The molecule has 0 unspecified atom stereocenters. The van der Waals surface area contributed by atoms with E-state index in [9.17, 15) is 9.59 Å². The van der Waals surface area contributed by atoms with Gasteiger partial charge in [0, 0.05) is 5.56 Å². The molecule has 0 fully saturated rings.